The molecule has 1 amide bonds. The SMILES string of the molecule is CC(=O)N(C)c1cc2c(cc1[N+](=O)[O-])OC(C)(C)[C@H](O)[C@H]2NCCc1ccccc1. The number of anilines is 1. The number of amides is 1. The zero-order chi connectivity index (χ0) is 22.1. The largest absolute Gasteiger partial charge is 0.484 e. The van der Waals surface area contributed by atoms with Gasteiger partial charge in [-0.05, 0) is 38.4 Å². The standard InChI is InChI=1S/C22H27N3O5/c1-14(26)24(4)17-12-16-19(13-18(17)25(28)29)30-22(2,3)21(27)20(16)23-11-10-15-8-6-5-7-9-15/h5-9,12-13,20-21,23,27H,10-11H2,1-4H3/t20-,21+/m0/s1. The van der Waals surface area contributed by atoms with Crippen LogP contribution in [-0.4, -0.2) is 41.2 Å². The highest BCUT2D eigenvalue weighted by Crippen LogP contribution is 2.45. The Kier molecular flexibility index (Phi) is 6.09. The molecule has 0 unspecified atom stereocenters. The number of fused-ring (bicyclic) bond motifs is 1. The Balaban J connectivity index is 1.98. The summed E-state index contributed by atoms with van der Waals surface area (Å²) in [6.45, 7) is 5.42. The third kappa shape index (κ3) is 4.29. The van der Waals surface area contributed by atoms with Crippen molar-refractivity contribution in [3.05, 3.63) is 63.7 Å². The van der Waals surface area contributed by atoms with Gasteiger partial charge in [0.25, 0.3) is 5.69 Å². The molecule has 8 heteroatoms. The second-order valence-corrected chi connectivity index (χ2v) is 8.03. The summed E-state index contributed by atoms with van der Waals surface area (Å²) in [5.41, 5.74) is 0.743. The summed E-state index contributed by atoms with van der Waals surface area (Å²) in [7, 11) is 1.49. The van der Waals surface area contributed by atoms with Gasteiger partial charge in [0.2, 0.25) is 5.91 Å². The van der Waals surface area contributed by atoms with Crippen LogP contribution in [0.1, 0.15) is 37.9 Å². The topological polar surface area (TPSA) is 105 Å². The van der Waals surface area contributed by atoms with Crippen molar-refractivity contribution < 1.29 is 19.6 Å². The Labute approximate surface area is 175 Å². The van der Waals surface area contributed by atoms with E-state index >= 15 is 0 Å². The smallest absolute Gasteiger partial charge is 0.296 e. The average Bonchev–Trinajstić information content (AvgIpc) is 2.70. The van der Waals surface area contributed by atoms with Gasteiger partial charge in [0, 0.05) is 19.5 Å². The molecule has 0 radical (unpaired) electrons. The van der Waals surface area contributed by atoms with E-state index in [0.29, 0.717) is 17.9 Å². The highest BCUT2D eigenvalue weighted by atomic mass is 16.6. The van der Waals surface area contributed by atoms with Gasteiger partial charge in [-0.1, -0.05) is 30.3 Å². The fourth-order valence-electron chi connectivity index (χ4n) is 3.64. The number of ether oxygens (including phenoxy) is 1. The first-order valence-electron chi connectivity index (χ1n) is 9.83. The van der Waals surface area contributed by atoms with Crippen LogP contribution < -0.4 is 15.0 Å². The van der Waals surface area contributed by atoms with E-state index in [1.807, 2.05) is 30.3 Å². The maximum Gasteiger partial charge on any atom is 0.296 e. The third-order valence-electron chi connectivity index (χ3n) is 5.49. The average molecular weight is 413 g/mol. The maximum atomic E-state index is 11.9. The van der Waals surface area contributed by atoms with E-state index in [1.54, 1.807) is 19.9 Å². The van der Waals surface area contributed by atoms with Crippen LogP contribution in [0, 0.1) is 10.1 Å². The molecule has 0 saturated heterocycles. The van der Waals surface area contributed by atoms with Crippen molar-refractivity contribution in [2.45, 2.75) is 44.9 Å². The molecule has 3 rings (SSSR count). The molecule has 8 nitrogen and oxygen atoms in total. The molecule has 1 aliphatic heterocycles. The first kappa shape index (κ1) is 21.7. The van der Waals surface area contributed by atoms with Crippen molar-refractivity contribution in [3.8, 4) is 5.75 Å². The quantitative estimate of drug-likeness (QED) is 0.557. The maximum absolute atomic E-state index is 11.9. The van der Waals surface area contributed by atoms with Crippen LogP contribution in [0.25, 0.3) is 0 Å². The number of benzene rings is 2. The van der Waals surface area contributed by atoms with Gasteiger partial charge in [0.05, 0.1) is 17.0 Å². The fourth-order valence-corrected chi connectivity index (χ4v) is 3.64. The summed E-state index contributed by atoms with van der Waals surface area (Å²) in [6, 6.07) is 12.4. The van der Waals surface area contributed by atoms with Gasteiger partial charge in [-0.15, -0.1) is 0 Å². The Morgan fingerprint density at radius 1 is 1.30 bits per heavy atom. The number of hydrogen-bond donors (Lipinski definition) is 2. The van der Waals surface area contributed by atoms with E-state index in [1.165, 1.54) is 24.9 Å². The molecule has 2 atom stereocenters. The van der Waals surface area contributed by atoms with Crippen LogP contribution in [0.15, 0.2) is 42.5 Å². The number of aliphatic hydroxyl groups excluding tert-OH is 1. The Hall–Kier alpha value is -2.97. The molecule has 0 saturated carbocycles. The minimum Gasteiger partial charge on any atom is -0.484 e. The lowest BCUT2D eigenvalue weighted by Gasteiger charge is -2.42. The lowest BCUT2D eigenvalue weighted by molar-refractivity contribution is -0.384. The summed E-state index contributed by atoms with van der Waals surface area (Å²) >= 11 is 0. The molecule has 160 valence electrons. The van der Waals surface area contributed by atoms with Crippen molar-refractivity contribution in [2.24, 2.45) is 0 Å². The lowest BCUT2D eigenvalue weighted by Crippen LogP contribution is -2.52. The van der Waals surface area contributed by atoms with Crippen LogP contribution >= 0.6 is 0 Å². The van der Waals surface area contributed by atoms with Crippen LogP contribution in [0.3, 0.4) is 0 Å². The minimum absolute atomic E-state index is 0.164. The zero-order valence-corrected chi connectivity index (χ0v) is 17.6. The molecule has 0 aromatic heterocycles. The van der Waals surface area contributed by atoms with Crippen molar-refractivity contribution in [2.75, 3.05) is 18.5 Å². The number of aliphatic hydroxyl groups is 1. The van der Waals surface area contributed by atoms with E-state index in [9.17, 15) is 20.0 Å². The molecular formula is C22H27N3O5. The van der Waals surface area contributed by atoms with Gasteiger partial charge in [-0.2, -0.15) is 0 Å². The molecular weight excluding hydrogens is 386 g/mol. The van der Waals surface area contributed by atoms with Crippen molar-refractivity contribution in [1.29, 1.82) is 0 Å². The second kappa shape index (κ2) is 8.41. The molecule has 0 bridgehead atoms. The molecule has 1 heterocycles. The predicted molar refractivity (Wildman–Crippen MR) is 114 cm³/mol. The summed E-state index contributed by atoms with van der Waals surface area (Å²) in [4.78, 5) is 24.2. The number of nitrogens with zero attached hydrogens (tertiary/aromatic N) is 2. The van der Waals surface area contributed by atoms with Gasteiger partial charge in [-0.25, -0.2) is 0 Å². The summed E-state index contributed by atoms with van der Waals surface area (Å²) in [5.74, 6) is -0.000781. The van der Waals surface area contributed by atoms with E-state index < -0.39 is 22.7 Å². The summed E-state index contributed by atoms with van der Waals surface area (Å²) in [5, 5.41) is 25.9. The Bertz CT molecular complexity index is 945. The molecule has 2 aromatic rings. The van der Waals surface area contributed by atoms with E-state index in [0.717, 1.165) is 12.0 Å². The first-order chi connectivity index (χ1) is 14.1. The molecule has 0 aliphatic carbocycles. The lowest BCUT2D eigenvalue weighted by atomic mass is 9.86. The van der Waals surface area contributed by atoms with Gasteiger partial charge < -0.3 is 20.1 Å². The number of nitro groups is 1. The van der Waals surface area contributed by atoms with Crippen molar-refractivity contribution in [1.82, 2.24) is 5.32 Å². The van der Waals surface area contributed by atoms with Crippen LogP contribution in [-0.2, 0) is 11.2 Å². The van der Waals surface area contributed by atoms with E-state index in [-0.39, 0.29) is 17.3 Å². The number of nitrogens with one attached hydrogen (secondary N) is 1. The van der Waals surface area contributed by atoms with Crippen molar-refractivity contribution >= 4 is 17.3 Å². The van der Waals surface area contributed by atoms with Crippen molar-refractivity contribution in [3.63, 3.8) is 0 Å². The van der Waals surface area contributed by atoms with Crippen LogP contribution in [0.2, 0.25) is 0 Å². The number of carbonyl (C=O) groups is 1. The Morgan fingerprint density at radius 3 is 2.57 bits per heavy atom. The van der Waals surface area contributed by atoms with Gasteiger partial charge in [-0.3, -0.25) is 14.9 Å². The first-order valence-corrected chi connectivity index (χ1v) is 9.83. The molecule has 0 spiro atoms. The molecule has 1 aliphatic rings. The number of hydrogen-bond acceptors (Lipinski definition) is 6. The summed E-state index contributed by atoms with van der Waals surface area (Å²) < 4.78 is 5.91. The normalized spacial score (nSPS) is 19.5. The highest BCUT2D eigenvalue weighted by Gasteiger charge is 2.44. The van der Waals surface area contributed by atoms with Gasteiger partial charge in [0.1, 0.15) is 23.1 Å². The highest BCUT2D eigenvalue weighted by molar-refractivity contribution is 5.94. The zero-order valence-electron chi connectivity index (χ0n) is 17.6. The molecule has 0 fully saturated rings. The fraction of sp³-hybridized carbons (Fsp3) is 0.409. The minimum atomic E-state index is -0.945. The van der Waals surface area contributed by atoms with E-state index in [2.05, 4.69) is 5.32 Å². The number of nitro benzene ring substituents is 1. The Morgan fingerprint density at radius 2 is 1.97 bits per heavy atom. The molecule has 2 aromatic carbocycles. The third-order valence-corrected chi connectivity index (χ3v) is 5.49. The molecule has 30 heavy (non-hydrogen) atoms. The second-order valence-electron chi connectivity index (χ2n) is 8.03. The van der Waals surface area contributed by atoms with Crippen LogP contribution in [0.5, 0.6) is 5.75 Å². The van der Waals surface area contributed by atoms with Gasteiger partial charge in [0.15, 0.2) is 0 Å². The predicted octanol–water partition coefficient (Wildman–Crippen LogP) is 2.98. The number of rotatable bonds is 6. The van der Waals surface area contributed by atoms with Crippen LogP contribution in [0.4, 0.5) is 11.4 Å². The molecule has 2 N–H and O–H groups in total. The van der Waals surface area contributed by atoms with E-state index in [4.69, 9.17) is 4.74 Å². The monoisotopic (exact) mass is 413 g/mol. The summed E-state index contributed by atoms with van der Waals surface area (Å²) in [6.07, 6.45) is -0.133. The van der Waals surface area contributed by atoms with Gasteiger partial charge >= 0.3 is 0 Å². The number of carbonyl (C=O) groups excluding carboxylic acids is 1.